The fourth-order valence-electron chi connectivity index (χ4n) is 3.28. The van der Waals surface area contributed by atoms with E-state index in [1.165, 1.54) is 16.6 Å². The molecule has 1 aliphatic rings. The van der Waals surface area contributed by atoms with Gasteiger partial charge in [0, 0.05) is 31.3 Å². The van der Waals surface area contributed by atoms with Gasteiger partial charge in [-0.1, -0.05) is 18.2 Å². The Hall–Kier alpha value is -1.36. The van der Waals surface area contributed by atoms with Crippen molar-refractivity contribution in [2.75, 3.05) is 19.7 Å². The summed E-state index contributed by atoms with van der Waals surface area (Å²) < 4.78 is 2.25. The molecule has 0 bridgehead atoms. The van der Waals surface area contributed by atoms with E-state index in [0.29, 0.717) is 12.8 Å². The van der Waals surface area contributed by atoms with Crippen molar-refractivity contribution in [3.63, 3.8) is 0 Å². The Morgan fingerprint density at radius 2 is 2.00 bits per heavy atom. The zero-order valence-corrected chi connectivity index (χ0v) is 12.6. The van der Waals surface area contributed by atoms with Crippen LogP contribution in [0.1, 0.15) is 25.0 Å². The molecule has 114 valence electrons. The Bertz CT molecular complexity index is 622. The van der Waals surface area contributed by atoms with Gasteiger partial charge in [-0.25, -0.2) is 0 Å². The molecule has 1 aliphatic heterocycles. The smallest absolute Gasteiger partial charge is 0.0890 e. The molecule has 0 amide bonds. The molecule has 1 atom stereocenters. The molecular formula is C17H24N2O2. The average molecular weight is 288 g/mol. The SMILES string of the molecule is Cn1c(CN2CCCC(O)(CO)CC2)cc2ccccc21. The van der Waals surface area contributed by atoms with E-state index < -0.39 is 5.60 Å². The highest BCUT2D eigenvalue weighted by molar-refractivity contribution is 5.81. The first-order chi connectivity index (χ1) is 10.1. The summed E-state index contributed by atoms with van der Waals surface area (Å²) in [5, 5.41) is 20.8. The minimum atomic E-state index is -0.881. The summed E-state index contributed by atoms with van der Waals surface area (Å²) in [6.07, 6.45) is 2.27. The van der Waals surface area contributed by atoms with E-state index in [-0.39, 0.29) is 6.61 Å². The second-order valence-electron chi connectivity index (χ2n) is 6.27. The number of rotatable bonds is 3. The summed E-state index contributed by atoms with van der Waals surface area (Å²) in [6.45, 7) is 2.57. The minimum Gasteiger partial charge on any atom is -0.393 e. The number of para-hydroxylation sites is 1. The number of likely N-dealkylation sites (tertiary alicyclic amines) is 1. The standard InChI is InChI=1S/C17H24N2O2/c1-18-15(11-14-5-2-3-6-16(14)18)12-19-9-4-7-17(21,13-20)8-10-19/h2-3,5-6,11,20-21H,4,7-10,12-13H2,1H3. The Kier molecular flexibility index (Phi) is 4.02. The fourth-order valence-corrected chi connectivity index (χ4v) is 3.28. The van der Waals surface area contributed by atoms with Crippen LogP contribution in [0.4, 0.5) is 0 Å². The van der Waals surface area contributed by atoms with Crippen LogP contribution in [0.5, 0.6) is 0 Å². The maximum absolute atomic E-state index is 10.2. The quantitative estimate of drug-likeness (QED) is 0.907. The highest BCUT2D eigenvalue weighted by Gasteiger charge is 2.29. The first-order valence-corrected chi connectivity index (χ1v) is 7.70. The first kappa shape index (κ1) is 14.6. The second-order valence-corrected chi connectivity index (χ2v) is 6.27. The number of hydrogen-bond acceptors (Lipinski definition) is 3. The lowest BCUT2D eigenvalue weighted by Crippen LogP contribution is -2.34. The molecule has 21 heavy (non-hydrogen) atoms. The van der Waals surface area contributed by atoms with Gasteiger partial charge in [0.25, 0.3) is 0 Å². The van der Waals surface area contributed by atoms with Crippen LogP contribution in [-0.4, -0.2) is 45.0 Å². The lowest BCUT2D eigenvalue weighted by Gasteiger charge is -2.24. The molecule has 4 nitrogen and oxygen atoms in total. The third-order valence-corrected chi connectivity index (χ3v) is 4.74. The molecule has 4 heteroatoms. The van der Waals surface area contributed by atoms with Crippen molar-refractivity contribution in [1.29, 1.82) is 0 Å². The summed E-state index contributed by atoms with van der Waals surface area (Å²) in [7, 11) is 2.11. The van der Waals surface area contributed by atoms with Crippen molar-refractivity contribution >= 4 is 10.9 Å². The number of benzene rings is 1. The third-order valence-electron chi connectivity index (χ3n) is 4.74. The number of fused-ring (bicyclic) bond motifs is 1. The Morgan fingerprint density at radius 1 is 1.19 bits per heavy atom. The number of aryl methyl sites for hydroxylation is 1. The normalized spacial score (nSPS) is 24.3. The summed E-state index contributed by atoms with van der Waals surface area (Å²) in [5.41, 5.74) is 1.67. The van der Waals surface area contributed by atoms with E-state index in [1.807, 2.05) is 0 Å². The molecule has 2 aromatic rings. The van der Waals surface area contributed by atoms with Crippen LogP contribution in [0.3, 0.4) is 0 Å². The lowest BCUT2D eigenvalue weighted by molar-refractivity contribution is -0.0255. The number of aliphatic hydroxyl groups is 2. The summed E-state index contributed by atoms with van der Waals surface area (Å²) in [5.74, 6) is 0. The van der Waals surface area contributed by atoms with Gasteiger partial charge < -0.3 is 14.8 Å². The van der Waals surface area contributed by atoms with Crippen LogP contribution in [0.2, 0.25) is 0 Å². The van der Waals surface area contributed by atoms with Crippen LogP contribution >= 0.6 is 0 Å². The Morgan fingerprint density at radius 3 is 2.76 bits per heavy atom. The van der Waals surface area contributed by atoms with Gasteiger partial charge in [0.1, 0.15) is 0 Å². The topological polar surface area (TPSA) is 48.6 Å². The van der Waals surface area contributed by atoms with Crippen molar-refractivity contribution < 1.29 is 10.2 Å². The van der Waals surface area contributed by atoms with Gasteiger partial charge in [-0.15, -0.1) is 0 Å². The van der Waals surface area contributed by atoms with E-state index in [4.69, 9.17) is 0 Å². The van der Waals surface area contributed by atoms with E-state index >= 15 is 0 Å². The van der Waals surface area contributed by atoms with E-state index in [0.717, 1.165) is 26.1 Å². The van der Waals surface area contributed by atoms with Gasteiger partial charge in [0.05, 0.1) is 12.2 Å². The molecule has 1 saturated heterocycles. The Labute approximate surface area is 125 Å². The summed E-state index contributed by atoms with van der Waals surface area (Å²) >= 11 is 0. The van der Waals surface area contributed by atoms with Crippen molar-refractivity contribution in [2.24, 2.45) is 7.05 Å². The minimum absolute atomic E-state index is 0.130. The van der Waals surface area contributed by atoms with E-state index in [9.17, 15) is 10.2 Å². The van der Waals surface area contributed by atoms with Crippen molar-refractivity contribution in [2.45, 2.75) is 31.4 Å². The zero-order chi connectivity index (χ0) is 14.9. The predicted molar refractivity (Wildman–Crippen MR) is 84.1 cm³/mol. The molecule has 2 N–H and O–H groups in total. The zero-order valence-electron chi connectivity index (χ0n) is 12.6. The maximum atomic E-state index is 10.2. The molecule has 0 aliphatic carbocycles. The molecule has 1 unspecified atom stereocenters. The fraction of sp³-hybridized carbons (Fsp3) is 0.529. The molecule has 2 heterocycles. The van der Waals surface area contributed by atoms with Gasteiger partial charge >= 0.3 is 0 Å². The maximum Gasteiger partial charge on any atom is 0.0890 e. The van der Waals surface area contributed by atoms with Crippen molar-refractivity contribution in [3.05, 3.63) is 36.0 Å². The molecule has 0 saturated carbocycles. The average Bonchev–Trinajstić information content (AvgIpc) is 2.68. The third kappa shape index (κ3) is 2.98. The second kappa shape index (κ2) is 5.79. The van der Waals surface area contributed by atoms with Gasteiger partial charge in [-0.3, -0.25) is 4.90 Å². The van der Waals surface area contributed by atoms with Crippen molar-refractivity contribution in [3.8, 4) is 0 Å². The molecule has 1 aromatic carbocycles. The van der Waals surface area contributed by atoms with E-state index in [2.05, 4.69) is 46.8 Å². The highest BCUT2D eigenvalue weighted by atomic mass is 16.3. The largest absolute Gasteiger partial charge is 0.393 e. The lowest BCUT2D eigenvalue weighted by atomic mass is 9.96. The van der Waals surface area contributed by atoms with Crippen LogP contribution in [0.25, 0.3) is 10.9 Å². The van der Waals surface area contributed by atoms with Crippen LogP contribution < -0.4 is 0 Å². The predicted octanol–water partition coefficient (Wildman–Crippen LogP) is 1.89. The summed E-state index contributed by atoms with van der Waals surface area (Å²) in [6, 6.07) is 10.7. The first-order valence-electron chi connectivity index (χ1n) is 7.70. The molecule has 1 fully saturated rings. The monoisotopic (exact) mass is 288 g/mol. The molecule has 3 rings (SSSR count). The number of aromatic nitrogens is 1. The highest BCUT2D eigenvalue weighted by Crippen LogP contribution is 2.24. The van der Waals surface area contributed by atoms with Crippen LogP contribution in [0.15, 0.2) is 30.3 Å². The molecule has 0 radical (unpaired) electrons. The Balaban J connectivity index is 1.75. The van der Waals surface area contributed by atoms with Crippen molar-refractivity contribution in [1.82, 2.24) is 9.47 Å². The van der Waals surface area contributed by atoms with Gasteiger partial charge in [-0.2, -0.15) is 0 Å². The molecule has 1 aromatic heterocycles. The number of nitrogens with zero attached hydrogens (tertiary/aromatic N) is 2. The van der Waals surface area contributed by atoms with E-state index in [1.54, 1.807) is 0 Å². The van der Waals surface area contributed by atoms with Gasteiger partial charge in [0.2, 0.25) is 0 Å². The van der Waals surface area contributed by atoms with Gasteiger partial charge in [-0.05, 0) is 43.3 Å². The van der Waals surface area contributed by atoms with Crippen LogP contribution in [-0.2, 0) is 13.6 Å². The molecule has 0 spiro atoms. The van der Waals surface area contributed by atoms with Gasteiger partial charge in [0.15, 0.2) is 0 Å². The number of hydrogen-bond donors (Lipinski definition) is 2. The number of aliphatic hydroxyl groups excluding tert-OH is 1. The summed E-state index contributed by atoms with van der Waals surface area (Å²) in [4.78, 5) is 2.38. The molecular weight excluding hydrogens is 264 g/mol. The van der Waals surface area contributed by atoms with Crippen LogP contribution in [0, 0.1) is 0 Å².